The number of ether oxygens (including phenoxy) is 1. The van der Waals surface area contributed by atoms with Gasteiger partial charge in [-0.3, -0.25) is 9.59 Å². The zero-order valence-electron chi connectivity index (χ0n) is 13.3. The molecule has 7 nitrogen and oxygen atoms in total. The Morgan fingerprint density at radius 2 is 1.91 bits per heavy atom. The highest BCUT2D eigenvalue weighted by atomic mass is 32.1. The van der Waals surface area contributed by atoms with Crippen LogP contribution in [-0.2, 0) is 14.3 Å². The van der Waals surface area contributed by atoms with Gasteiger partial charge < -0.3 is 15.0 Å². The third-order valence-electron chi connectivity index (χ3n) is 3.55. The number of carbonyl (C=O) groups is 3. The first kappa shape index (κ1) is 17.4. The Kier molecular flexibility index (Phi) is 6.09. The maximum absolute atomic E-state index is 12.3. The van der Waals surface area contributed by atoms with E-state index in [9.17, 15) is 14.4 Å². The fraction of sp³-hybridized carbons (Fsp3) is 0.600. The first-order chi connectivity index (χ1) is 11.0. The van der Waals surface area contributed by atoms with Crippen LogP contribution in [0.25, 0.3) is 0 Å². The molecule has 0 bridgehead atoms. The molecule has 1 aromatic rings. The van der Waals surface area contributed by atoms with E-state index in [1.165, 1.54) is 12.3 Å². The summed E-state index contributed by atoms with van der Waals surface area (Å²) in [5, 5.41) is 4.33. The highest BCUT2D eigenvalue weighted by Crippen LogP contribution is 2.17. The molecule has 2 heterocycles. The molecule has 1 unspecified atom stereocenters. The minimum atomic E-state index is -0.841. The Labute approximate surface area is 139 Å². The molecule has 0 aromatic carbocycles. The summed E-state index contributed by atoms with van der Waals surface area (Å²) in [6.07, 6.45) is 3.38. The molecule has 1 aliphatic heterocycles. The lowest BCUT2D eigenvalue weighted by Gasteiger charge is -2.23. The lowest BCUT2D eigenvalue weighted by Crippen LogP contribution is -2.40. The summed E-state index contributed by atoms with van der Waals surface area (Å²) in [5.41, 5.74) is 0.0919. The molecule has 1 aromatic heterocycles. The van der Waals surface area contributed by atoms with E-state index in [4.69, 9.17) is 4.74 Å². The summed E-state index contributed by atoms with van der Waals surface area (Å²) in [6.45, 7) is 4.36. The predicted molar refractivity (Wildman–Crippen MR) is 86.3 cm³/mol. The van der Waals surface area contributed by atoms with Crippen molar-refractivity contribution < 1.29 is 19.1 Å². The summed E-state index contributed by atoms with van der Waals surface area (Å²) >= 11 is 1.13. The Hall–Kier alpha value is -1.96. The minimum absolute atomic E-state index is 0.0919. The molecule has 2 rings (SSSR count). The minimum Gasteiger partial charge on any atom is -0.448 e. The smallest absolute Gasteiger partial charge is 0.358 e. The Morgan fingerprint density at radius 1 is 1.26 bits per heavy atom. The number of hydrogen-bond donors (Lipinski definition) is 1. The van der Waals surface area contributed by atoms with Gasteiger partial charge in [0.25, 0.3) is 5.91 Å². The van der Waals surface area contributed by atoms with Crippen LogP contribution in [0.15, 0.2) is 5.38 Å². The molecule has 0 saturated carbocycles. The van der Waals surface area contributed by atoms with Gasteiger partial charge in [0.1, 0.15) is 0 Å². The second kappa shape index (κ2) is 8.05. The van der Waals surface area contributed by atoms with Crippen LogP contribution < -0.4 is 5.32 Å². The van der Waals surface area contributed by atoms with E-state index >= 15 is 0 Å². The Balaban J connectivity index is 1.91. The van der Waals surface area contributed by atoms with Crippen molar-refractivity contribution in [2.24, 2.45) is 0 Å². The number of aromatic nitrogens is 1. The number of nitrogens with one attached hydrogen (secondary N) is 1. The summed E-state index contributed by atoms with van der Waals surface area (Å²) in [4.78, 5) is 41.1. The summed E-state index contributed by atoms with van der Waals surface area (Å²) in [5.74, 6) is -1.09. The topological polar surface area (TPSA) is 88.6 Å². The number of thiazole rings is 1. The van der Waals surface area contributed by atoms with E-state index in [-0.39, 0.29) is 17.5 Å². The zero-order valence-corrected chi connectivity index (χ0v) is 14.1. The van der Waals surface area contributed by atoms with E-state index in [1.54, 1.807) is 11.8 Å². The average Bonchev–Trinajstić information content (AvgIpc) is 2.79. The van der Waals surface area contributed by atoms with Crippen molar-refractivity contribution in [1.29, 1.82) is 0 Å². The lowest BCUT2D eigenvalue weighted by atomic mass is 10.2. The monoisotopic (exact) mass is 339 g/mol. The van der Waals surface area contributed by atoms with Crippen molar-refractivity contribution in [3.05, 3.63) is 11.1 Å². The van der Waals surface area contributed by atoms with Gasteiger partial charge in [0.05, 0.1) is 0 Å². The van der Waals surface area contributed by atoms with Gasteiger partial charge in [0.15, 0.2) is 16.9 Å². The van der Waals surface area contributed by atoms with Crippen LogP contribution in [0.3, 0.4) is 0 Å². The fourth-order valence-corrected chi connectivity index (χ4v) is 3.12. The molecule has 126 valence electrons. The number of hydrogen-bond acceptors (Lipinski definition) is 6. The maximum atomic E-state index is 12.3. The Bertz CT molecular complexity index is 579. The molecule has 8 heteroatoms. The van der Waals surface area contributed by atoms with Crippen molar-refractivity contribution in [3.8, 4) is 0 Å². The molecule has 1 saturated heterocycles. The van der Waals surface area contributed by atoms with Gasteiger partial charge >= 0.3 is 5.97 Å². The molecule has 0 aliphatic carbocycles. The zero-order chi connectivity index (χ0) is 16.8. The van der Waals surface area contributed by atoms with Gasteiger partial charge in [0, 0.05) is 25.4 Å². The van der Waals surface area contributed by atoms with Gasteiger partial charge in [-0.15, -0.1) is 11.3 Å². The van der Waals surface area contributed by atoms with Crippen LogP contribution in [0.4, 0.5) is 5.13 Å². The normalized spacial score (nSPS) is 16.3. The largest absolute Gasteiger partial charge is 0.448 e. The molecular weight excluding hydrogens is 318 g/mol. The highest BCUT2D eigenvalue weighted by Gasteiger charge is 2.25. The summed E-state index contributed by atoms with van der Waals surface area (Å²) in [7, 11) is 0. The molecule has 1 N–H and O–H groups in total. The van der Waals surface area contributed by atoms with Crippen LogP contribution in [0, 0.1) is 0 Å². The standard InChI is InChI=1S/C15H21N3O4S/c1-10(13(20)18-7-5-3-4-6-8-18)22-14(21)12-9-23-15(17-12)16-11(2)19/h9-10H,3-8H2,1-2H3,(H,16,17,19). The fourth-order valence-electron chi connectivity index (χ4n) is 2.40. The first-order valence-corrected chi connectivity index (χ1v) is 8.58. The number of esters is 1. The highest BCUT2D eigenvalue weighted by molar-refractivity contribution is 7.14. The van der Waals surface area contributed by atoms with E-state index in [1.807, 2.05) is 0 Å². The van der Waals surface area contributed by atoms with Crippen molar-refractivity contribution in [1.82, 2.24) is 9.88 Å². The third kappa shape index (κ3) is 5.02. The van der Waals surface area contributed by atoms with Crippen LogP contribution in [-0.4, -0.2) is 46.9 Å². The molecular formula is C15H21N3O4S. The van der Waals surface area contributed by atoms with Gasteiger partial charge in [-0.1, -0.05) is 12.8 Å². The van der Waals surface area contributed by atoms with Gasteiger partial charge in [-0.2, -0.15) is 0 Å². The number of carbonyl (C=O) groups excluding carboxylic acids is 3. The lowest BCUT2D eigenvalue weighted by molar-refractivity contribution is -0.139. The number of amides is 2. The number of likely N-dealkylation sites (tertiary alicyclic amines) is 1. The van der Waals surface area contributed by atoms with Crippen molar-refractivity contribution in [3.63, 3.8) is 0 Å². The van der Waals surface area contributed by atoms with E-state index in [2.05, 4.69) is 10.3 Å². The molecule has 23 heavy (non-hydrogen) atoms. The summed E-state index contributed by atoms with van der Waals surface area (Å²) in [6, 6.07) is 0. The second-order valence-corrected chi connectivity index (χ2v) is 6.36. The number of rotatable bonds is 4. The summed E-state index contributed by atoms with van der Waals surface area (Å²) < 4.78 is 5.21. The van der Waals surface area contributed by atoms with E-state index in [0.717, 1.165) is 37.0 Å². The van der Waals surface area contributed by atoms with Crippen LogP contribution in [0.2, 0.25) is 0 Å². The second-order valence-electron chi connectivity index (χ2n) is 5.51. The molecule has 1 fully saturated rings. The number of nitrogens with zero attached hydrogens (tertiary/aromatic N) is 2. The molecule has 0 spiro atoms. The molecule has 0 radical (unpaired) electrons. The van der Waals surface area contributed by atoms with Crippen LogP contribution in [0.5, 0.6) is 0 Å². The Morgan fingerprint density at radius 3 is 2.52 bits per heavy atom. The van der Waals surface area contributed by atoms with Crippen LogP contribution >= 0.6 is 11.3 Å². The first-order valence-electron chi connectivity index (χ1n) is 7.70. The maximum Gasteiger partial charge on any atom is 0.358 e. The molecule has 1 aliphatic rings. The SMILES string of the molecule is CC(=O)Nc1nc(C(=O)OC(C)C(=O)N2CCCCCC2)cs1. The predicted octanol–water partition coefficient (Wildman–Crippen LogP) is 2.05. The average molecular weight is 339 g/mol. The van der Waals surface area contributed by atoms with Crippen molar-refractivity contribution in [2.75, 3.05) is 18.4 Å². The third-order valence-corrected chi connectivity index (χ3v) is 4.30. The van der Waals surface area contributed by atoms with E-state index < -0.39 is 12.1 Å². The van der Waals surface area contributed by atoms with Crippen LogP contribution in [0.1, 0.15) is 50.0 Å². The van der Waals surface area contributed by atoms with E-state index in [0.29, 0.717) is 18.2 Å². The van der Waals surface area contributed by atoms with Crippen molar-refractivity contribution >= 4 is 34.3 Å². The van der Waals surface area contributed by atoms with Crippen molar-refractivity contribution in [2.45, 2.75) is 45.6 Å². The molecule has 1 atom stereocenters. The van der Waals surface area contributed by atoms with Gasteiger partial charge in [-0.05, 0) is 19.8 Å². The quantitative estimate of drug-likeness (QED) is 0.848. The number of anilines is 1. The van der Waals surface area contributed by atoms with Gasteiger partial charge in [0.2, 0.25) is 5.91 Å². The van der Waals surface area contributed by atoms with Gasteiger partial charge in [-0.25, -0.2) is 9.78 Å². The molecule has 2 amide bonds.